The van der Waals surface area contributed by atoms with Gasteiger partial charge in [-0.2, -0.15) is 18.3 Å². The van der Waals surface area contributed by atoms with Crippen molar-refractivity contribution in [1.82, 2.24) is 9.78 Å². The fourth-order valence-electron chi connectivity index (χ4n) is 4.51. The van der Waals surface area contributed by atoms with Crippen molar-refractivity contribution in [2.45, 2.75) is 25.4 Å². The van der Waals surface area contributed by atoms with Crippen molar-refractivity contribution in [1.29, 1.82) is 0 Å². The molecule has 1 aliphatic heterocycles. The van der Waals surface area contributed by atoms with Gasteiger partial charge in [-0.1, -0.05) is 48.0 Å². The average Bonchev–Trinajstić information content (AvgIpc) is 3.36. The third kappa shape index (κ3) is 5.34. The summed E-state index contributed by atoms with van der Waals surface area (Å²) < 4.78 is 41.7. The summed E-state index contributed by atoms with van der Waals surface area (Å²) in [4.78, 5) is 15.3. The minimum atomic E-state index is -4.62. The molecular formula is C28H24ClF3N4O. The zero-order valence-corrected chi connectivity index (χ0v) is 20.6. The van der Waals surface area contributed by atoms with E-state index in [9.17, 15) is 18.0 Å². The normalized spacial score (nSPS) is 14.0. The largest absolute Gasteiger partial charge is 0.435 e. The Balaban J connectivity index is 1.43. The minimum absolute atomic E-state index is 0.211. The molecule has 0 aliphatic carbocycles. The molecule has 0 bridgehead atoms. The van der Waals surface area contributed by atoms with Gasteiger partial charge in [-0.15, -0.1) is 0 Å². The number of amides is 1. The fraction of sp³-hybridized carbons (Fsp3) is 0.214. The van der Waals surface area contributed by atoms with Crippen LogP contribution in [0.25, 0.3) is 16.9 Å². The van der Waals surface area contributed by atoms with Gasteiger partial charge < -0.3 is 10.2 Å². The van der Waals surface area contributed by atoms with Gasteiger partial charge in [0.05, 0.1) is 27.8 Å². The molecule has 1 aromatic heterocycles. The van der Waals surface area contributed by atoms with Gasteiger partial charge in [0.1, 0.15) is 0 Å². The highest BCUT2D eigenvalue weighted by Crippen LogP contribution is 2.35. The second kappa shape index (κ2) is 10.3. The molecule has 1 aliphatic rings. The van der Waals surface area contributed by atoms with Crippen LogP contribution in [0.1, 0.15) is 35.3 Å². The van der Waals surface area contributed by atoms with Crippen molar-refractivity contribution in [3.8, 4) is 16.9 Å². The van der Waals surface area contributed by atoms with E-state index >= 15 is 0 Å². The predicted octanol–water partition coefficient (Wildman–Crippen LogP) is 7.45. The van der Waals surface area contributed by atoms with Crippen LogP contribution in [-0.4, -0.2) is 28.8 Å². The summed E-state index contributed by atoms with van der Waals surface area (Å²) >= 11 is 6.26. The Kier molecular flexibility index (Phi) is 6.93. The topological polar surface area (TPSA) is 50.2 Å². The molecule has 1 N–H and O–H groups in total. The Hall–Kier alpha value is -3.78. The molecule has 0 saturated carbocycles. The first-order valence-corrected chi connectivity index (χ1v) is 12.4. The number of aromatic nitrogens is 2. The van der Waals surface area contributed by atoms with E-state index in [0.717, 1.165) is 43.4 Å². The number of piperidine rings is 1. The number of rotatable bonds is 5. The first-order chi connectivity index (χ1) is 17.8. The quantitative estimate of drug-likeness (QED) is 0.295. The van der Waals surface area contributed by atoms with Crippen LogP contribution >= 0.6 is 11.6 Å². The Labute approximate surface area is 217 Å². The van der Waals surface area contributed by atoms with Gasteiger partial charge in [-0.25, -0.2) is 4.68 Å². The third-order valence-corrected chi connectivity index (χ3v) is 6.69. The number of benzene rings is 3. The Morgan fingerprint density at radius 1 is 0.865 bits per heavy atom. The summed E-state index contributed by atoms with van der Waals surface area (Å²) in [6, 6.07) is 21.6. The van der Waals surface area contributed by atoms with E-state index in [1.807, 2.05) is 24.3 Å². The summed E-state index contributed by atoms with van der Waals surface area (Å²) in [6.45, 7) is 1.89. The maximum Gasteiger partial charge on any atom is 0.435 e. The molecule has 1 saturated heterocycles. The number of anilines is 2. The van der Waals surface area contributed by atoms with Gasteiger partial charge in [-0.05, 0) is 61.7 Å². The van der Waals surface area contributed by atoms with Crippen LogP contribution in [0, 0.1) is 0 Å². The van der Waals surface area contributed by atoms with Gasteiger partial charge in [0.2, 0.25) is 0 Å². The van der Waals surface area contributed by atoms with Crippen LogP contribution < -0.4 is 10.2 Å². The molecule has 1 fully saturated rings. The van der Waals surface area contributed by atoms with E-state index in [-0.39, 0.29) is 16.6 Å². The van der Waals surface area contributed by atoms with Crippen LogP contribution in [0.4, 0.5) is 24.5 Å². The first kappa shape index (κ1) is 24.9. The highest BCUT2D eigenvalue weighted by atomic mass is 35.5. The highest BCUT2D eigenvalue weighted by molar-refractivity contribution is 6.32. The van der Waals surface area contributed by atoms with E-state index in [1.54, 1.807) is 48.5 Å². The molecule has 2 heterocycles. The number of carbonyl (C=O) groups excluding carboxylic acids is 1. The van der Waals surface area contributed by atoms with E-state index in [0.29, 0.717) is 16.8 Å². The Morgan fingerprint density at radius 2 is 1.51 bits per heavy atom. The van der Waals surface area contributed by atoms with E-state index in [2.05, 4.69) is 15.3 Å². The summed E-state index contributed by atoms with van der Waals surface area (Å²) in [5.74, 6) is -0.299. The SMILES string of the molecule is O=C(Nc1ccccc1N1CCCCC1)c1ccc(-c2cc(C(F)(F)F)nn2-c2ccccc2Cl)cc1. The van der Waals surface area contributed by atoms with Crippen molar-refractivity contribution in [2.75, 3.05) is 23.3 Å². The number of halogens is 4. The molecule has 5 rings (SSSR count). The lowest BCUT2D eigenvalue weighted by Gasteiger charge is -2.30. The molecular weight excluding hydrogens is 501 g/mol. The number of hydrogen-bond donors (Lipinski definition) is 1. The van der Waals surface area contributed by atoms with Gasteiger partial charge in [0.15, 0.2) is 5.69 Å². The highest BCUT2D eigenvalue weighted by Gasteiger charge is 2.35. The minimum Gasteiger partial charge on any atom is -0.370 e. The summed E-state index contributed by atoms with van der Waals surface area (Å²) in [7, 11) is 0. The summed E-state index contributed by atoms with van der Waals surface area (Å²) in [5.41, 5.74) is 2.07. The molecule has 4 aromatic rings. The third-order valence-electron chi connectivity index (χ3n) is 6.37. The average molecular weight is 525 g/mol. The number of para-hydroxylation sites is 3. The molecule has 9 heteroatoms. The number of hydrogen-bond acceptors (Lipinski definition) is 3. The van der Waals surface area contributed by atoms with Crippen LogP contribution in [-0.2, 0) is 6.18 Å². The lowest BCUT2D eigenvalue weighted by atomic mass is 10.1. The molecule has 0 unspecified atom stereocenters. The monoisotopic (exact) mass is 524 g/mol. The molecule has 1 amide bonds. The standard InChI is InChI=1S/C28H24ClF3N4O/c29-21-8-2-4-10-23(21)36-25(18-26(34-36)28(30,31)32)19-12-14-20(15-13-19)27(37)33-22-9-3-5-11-24(22)35-16-6-1-7-17-35/h2-5,8-15,18H,1,6-7,16-17H2,(H,33,37). The lowest BCUT2D eigenvalue weighted by Crippen LogP contribution is -2.30. The Morgan fingerprint density at radius 3 is 2.19 bits per heavy atom. The second-order valence-corrected chi connectivity index (χ2v) is 9.28. The second-order valence-electron chi connectivity index (χ2n) is 8.87. The Bertz CT molecular complexity index is 1410. The fourth-order valence-corrected chi connectivity index (χ4v) is 4.72. The summed E-state index contributed by atoms with van der Waals surface area (Å²) in [6.07, 6.45) is -1.19. The zero-order valence-electron chi connectivity index (χ0n) is 19.8. The van der Waals surface area contributed by atoms with Crippen molar-refractivity contribution in [3.05, 3.63) is 95.1 Å². The smallest absolute Gasteiger partial charge is 0.370 e. The first-order valence-electron chi connectivity index (χ1n) is 12.0. The zero-order chi connectivity index (χ0) is 26.0. The lowest BCUT2D eigenvalue weighted by molar-refractivity contribution is -0.141. The van der Waals surface area contributed by atoms with Gasteiger partial charge >= 0.3 is 6.18 Å². The molecule has 3 aromatic carbocycles. The van der Waals surface area contributed by atoms with Crippen LogP contribution in [0.5, 0.6) is 0 Å². The van der Waals surface area contributed by atoms with Gasteiger partial charge in [0.25, 0.3) is 5.91 Å². The molecule has 0 atom stereocenters. The predicted molar refractivity (Wildman–Crippen MR) is 139 cm³/mol. The number of carbonyl (C=O) groups is 1. The molecule has 5 nitrogen and oxygen atoms in total. The van der Waals surface area contributed by atoms with Gasteiger partial charge in [-0.3, -0.25) is 4.79 Å². The molecule has 190 valence electrons. The van der Waals surface area contributed by atoms with E-state index in [4.69, 9.17) is 11.6 Å². The summed E-state index contributed by atoms with van der Waals surface area (Å²) in [5, 5.41) is 7.03. The number of nitrogens with zero attached hydrogens (tertiary/aromatic N) is 3. The van der Waals surface area contributed by atoms with Crippen LogP contribution in [0.15, 0.2) is 78.9 Å². The molecule has 0 spiro atoms. The van der Waals surface area contributed by atoms with Crippen LogP contribution in [0.2, 0.25) is 5.02 Å². The number of alkyl halides is 3. The maximum absolute atomic E-state index is 13.5. The van der Waals surface area contributed by atoms with E-state index < -0.39 is 11.9 Å². The van der Waals surface area contributed by atoms with Crippen molar-refractivity contribution >= 4 is 28.9 Å². The van der Waals surface area contributed by atoms with Crippen molar-refractivity contribution in [2.24, 2.45) is 0 Å². The van der Waals surface area contributed by atoms with Gasteiger partial charge in [0, 0.05) is 24.2 Å². The van der Waals surface area contributed by atoms with Crippen molar-refractivity contribution < 1.29 is 18.0 Å². The van der Waals surface area contributed by atoms with E-state index in [1.165, 1.54) is 11.1 Å². The molecule has 37 heavy (non-hydrogen) atoms. The van der Waals surface area contributed by atoms with Crippen LogP contribution in [0.3, 0.4) is 0 Å². The number of nitrogens with one attached hydrogen (secondary N) is 1. The van der Waals surface area contributed by atoms with Crippen molar-refractivity contribution in [3.63, 3.8) is 0 Å². The maximum atomic E-state index is 13.5. The molecule has 0 radical (unpaired) electrons.